The summed E-state index contributed by atoms with van der Waals surface area (Å²) in [6, 6.07) is 15.2. The molecule has 0 atom stereocenters. The molecule has 7 nitrogen and oxygen atoms in total. The highest BCUT2D eigenvalue weighted by Gasteiger charge is 2.09. The van der Waals surface area contributed by atoms with Gasteiger partial charge in [-0.05, 0) is 29.7 Å². The molecule has 0 unspecified atom stereocenters. The number of hydrogen-bond donors (Lipinski definition) is 2. The fourth-order valence-electron chi connectivity index (χ4n) is 2.20. The number of amides is 1. The molecule has 2 aromatic rings. The Bertz CT molecular complexity index is 849. The van der Waals surface area contributed by atoms with E-state index in [0.29, 0.717) is 13.0 Å². The lowest BCUT2D eigenvalue weighted by atomic mass is 10.1. The van der Waals surface area contributed by atoms with Gasteiger partial charge in [-0.15, -0.1) is 0 Å². The van der Waals surface area contributed by atoms with Gasteiger partial charge in [0, 0.05) is 6.54 Å². The Morgan fingerprint density at radius 1 is 0.962 bits per heavy atom. The van der Waals surface area contributed by atoms with Gasteiger partial charge in [0.15, 0.2) is 6.61 Å². The van der Waals surface area contributed by atoms with E-state index < -0.39 is 21.9 Å². The molecule has 1 amide bonds. The predicted octanol–water partition coefficient (Wildman–Crippen LogP) is 0.779. The van der Waals surface area contributed by atoms with Crippen molar-refractivity contribution in [3.05, 3.63) is 65.7 Å². The summed E-state index contributed by atoms with van der Waals surface area (Å²) in [7, 11) is -3.71. The number of carbonyl (C=O) groups excluding carboxylic acids is 2. The summed E-state index contributed by atoms with van der Waals surface area (Å²) in [5, 5.41) is 7.66. The third-order valence-electron chi connectivity index (χ3n) is 3.54. The van der Waals surface area contributed by atoms with Crippen LogP contribution in [0, 0.1) is 0 Å². The van der Waals surface area contributed by atoms with Crippen LogP contribution in [0.3, 0.4) is 0 Å². The molecule has 2 rings (SSSR count). The summed E-state index contributed by atoms with van der Waals surface area (Å²) in [5.41, 5.74) is 1.67. The van der Waals surface area contributed by atoms with Crippen molar-refractivity contribution < 1.29 is 22.7 Å². The first-order valence-electron chi connectivity index (χ1n) is 7.92. The van der Waals surface area contributed by atoms with Crippen molar-refractivity contribution in [1.82, 2.24) is 5.32 Å². The zero-order chi connectivity index (χ0) is 19.0. The fourth-order valence-corrected chi connectivity index (χ4v) is 2.72. The Morgan fingerprint density at radius 3 is 2.23 bits per heavy atom. The van der Waals surface area contributed by atoms with Crippen molar-refractivity contribution >= 4 is 21.9 Å². The highest BCUT2D eigenvalue weighted by Crippen LogP contribution is 2.08. The largest absolute Gasteiger partial charge is 0.455 e. The number of carbonyl (C=O) groups is 2. The number of benzene rings is 2. The second-order valence-corrected chi connectivity index (χ2v) is 7.17. The average Bonchev–Trinajstić information content (AvgIpc) is 2.60. The molecule has 0 aliphatic rings. The Kier molecular flexibility index (Phi) is 6.88. The average molecular weight is 376 g/mol. The van der Waals surface area contributed by atoms with Crippen molar-refractivity contribution in [2.75, 3.05) is 13.2 Å². The van der Waals surface area contributed by atoms with Crippen molar-refractivity contribution in [1.29, 1.82) is 0 Å². The molecule has 8 heteroatoms. The Labute approximate surface area is 152 Å². The van der Waals surface area contributed by atoms with Crippen LogP contribution in [-0.2, 0) is 37.2 Å². The smallest absolute Gasteiger partial charge is 0.310 e. The molecule has 3 N–H and O–H groups in total. The van der Waals surface area contributed by atoms with E-state index in [-0.39, 0.29) is 17.9 Å². The van der Waals surface area contributed by atoms with E-state index in [4.69, 9.17) is 9.88 Å². The van der Waals surface area contributed by atoms with Gasteiger partial charge in [0.05, 0.1) is 11.3 Å². The molecule has 0 saturated heterocycles. The van der Waals surface area contributed by atoms with Gasteiger partial charge in [0.1, 0.15) is 0 Å². The third-order valence-corrected chi connectivity index (χ3v) is 4.47. The topological polar surface area (TPSA) is 116 Å². The lowest BCUT2D eigenvalue weighted by molar-refractivity contribution is -0.147. The van der Waals surface area contributed by atoms with E-state index in [9.17, 15) is 18.0 Å². The van der Waals surface area contributed by atoms with Gasteiger partial charge in [-0.2, -0.15) is 0 Å². The van der Waals surface area contributed by atoms with Gasteiger partial charge < -0.3 is 10.1 Å². The number of hydrogen-bond acceptors (Lipinski definition) is 5. The van der Waals surface area contributed by atoms with Crippen LogP contribution in [0.4, 0.5) is 0 Å². The molecule has 0 aliphatic heterocycles. The number of ether oxygens (including phenoxy) is 1. The Hall–Kier alpha value is -2.71. The number of nitrogens with one attached hydrogen (secondary N) is 1. The summed E-state index contributed by atoms with van der Waals surface area (Å²) >= 11 is 0. The van der Waals surface area contributed by atoms with Gasteiger partial charge in [-0.25, -0.2) is 13.6 Å². The molecule has 0 aliphatic carbocycles. The molecule has 0 radical (unpaired) electrons. The molecular formula is C18H20N2O5S. The van der Waals surface area contributed by atoms with E-state index in [1.807, 2.05) is 30.3 Å². The van der Waals surface area contributed by atoms with Crippen LogP contribution in [0.25, 0.3) is 0 Å². The van der Waals surface area contributed by atoms with Crippen LogP contribution in [-0.4, -0.2) is 33.4 Å². The zero-order valence-electron chi connectivity index (χ0n) is 14.1. The monoisotopic (exact) mass is 376 g/mol. The fraction of sp³-hybridized carbons (Fsp3) is 0.222. The molecule has 0 bridgehead atoms. The highest BCUT2D eigenvalue weighted by molar-refractivity contribution is 7.89. The third kappa shape index (κ3) is 6.66. The minimum Gasteiger partial charge on any atom is -0.455 e. The number of primary sulfonamides is 1. The summed E-state index contributed by atoms with van der Waals surface area (Å²) < 4.78 is 27.3. The van der Waals surface area contributed by atoms with E-state index in [1.165, 1.54) is 12.1 Å². The number of esters is 1. The summed E-state index contributed by atoms with van der Waals surface area (Å²) in [6.07, 6.45) is 0.624. The normalized spacial score (nSPS) is 11.0. The summed E-state index contributed by atoms with van der Waals surface area (Å²) in [6.45, 7) is -0.000186. The standard InChI is InChI=1S/C18H20N2O5S/c19-26(23,24)16-8-6-14(7-9-16)10-11-20-17(21)13-25-18(22)12-15-4-2-1-3-5-15/h1-9H,10-13H2,(H,20,21)(H2,19,23,24). The van der Waals surface area contributed by atoms with Crippen molar-refractivity contribution in [2.24, 2.45) is 5.14 Å². The summed E-state index contributed by atoms with van der Waals surface area (Å²) in [4.78, 5) is 23.4. The number of rotatable bonds is 8. The predicted molar refractivity (Wildman–Crippen MR) is 95.6 cm³/mol. The number of sulfonamides is 1. The van der Waals surface area contributed by atoms with Crippen molar-refractivity contribution in [3.8, 4) is 0 Å². The quantitative estimate of drug-likeness (QED) is 0.661. The van der Waals surface area contributed by atoms with Crippen LogP contribution in [0.1, 0.15) is 11.1 Å². The Balaban J connectivity index is 1.68. The minimum atomic E-state index is -3.71. The molecule has 0 fully saturated rings. The molecule has 0 spiro atoms. The van der Waals surface area contributed by atoms with Crippen LogP contribution >= 0.6 is 0 Å². The molecule has 0 aromatic heterocycles. The summed E-state index contributed by atoms with van der Waals surface area (Å²) in [5.74, 6) is -0.863. The van der Waals surface area contributed by atoms with Crippen LogP contribution in [0.2, 0.25) is 0 Å². The van der Waals surface area contributed by atoms with Crippen LogP contribution in [0.15, 0.2) is 59.5 Å². The molecule has 0 heterocycles. The lowest BCUT2D eigenvalue weighted by Crippen LogP contribution is -2.30. The van der Waals surface area contributed by atoms with Gasteiger partial charge >= 0.3 is 5.97 Å². The maximum absolute atomic E-state index is 11.7. The first kappa shape index (κ1) is 19.6. The maximum atomic E-state index is 11.7. The minimum absolute atomic E-state index is 0.0376. The molecule has 0 saturated carbocycles. The van der Waals surface area contributed by atoms with Gasteiger partial charge in [0.25, 0.3) is 5.91 Å². The van der Waals surface area contributed by atoms with Crippen LogP contribution in [0.5, 0.6) is 0 Å². The Morgan fingerprint density at radius 2 is 1.62 bits per heavy atom. The van der Waals surface area contributed by atoms with E-state index >= 15 is 0 Å². The first-order chi connectivity index (χ1) is 12.3. The second-order valence-electron chi connectivity index (χ2n) is 5.61. The van der Waals surface area contributed by atoms with E-state index in [1.54, 1.807) is 12.1 Å². The van der Waals surface area contributed by atoms with E-state index in [2.05, 4.69) is 5.32 Å². The lowest BCUT2D eigenvalue weighted by Gasteiger charge is -2.07. The molecule has 26 heavy (non-hydrogen) atoms. The maximum Gasteiger partial charge on any atom is 0.310 e. The van der Waals surface area contributed by atoms with Crippen LogP contribution < -0.4 is 10.5 Å². The first-order valence-corrected chi connectivity index (χ1v) is 9.47. The molecule has 138 valence electrons. The SMILES string of the molecule is NS(=O)(=O)c1ccc(CCNC(=O)COC(=O)Cc2ccccc2)cc1. The van der Waals surface area contributed by atoms with Crippen molar-refractivity contribution in [3.63, 3.8) is 0 Å². The van der Waals surface area contributed by atoms with Gasteiger partial charge in [0.2, 0.25) is 10.0 Å². The van der Waals surface area contributed by atoms with Gasteiger partial charge in [-0.1, -0.05) is 42.5 Å². The van der Waals surface area contributed by atoms with E-state index in [0.717, 1.165) is 11.1 Å². The number of nitrogens with two attached hydrogens (primary N) is 1. The molecular weight excluding hydrogens is 356 g/mol. The van der Waals surface area contributed by atoms with Gasteiger partial charge in [-0.3, -0.25) is 9.59 Å². The second kappa shape index (κ2) is 9.12. The van der Waals surface area contributed by atoms with Crippen molar-refractivity contribution in [2.45, 2.75) is 17.7 Å². The molecule has 2 aromatic carbocycles. The highest BCUT2D eigenvalue weighted by atomic mass is 32.2. The zero-order valence-corrected chi connectivity index (χ0v) is 14.9.